The largest absolute Gasteiger partial charge is 0.393 e. The summed E-state index contributed by atoms with van der Waals surface area (Å²) in [5.41, 5.74) is -0.0914. The molecule has 0 saturated heterocycles. The van der Waals surface area contributed by atoms with Crippen molar-refractivity contribution in [1.82, 2.24) is 0 Å². The summed E-state index contributed by atoms with van der Waals surface area (Å²) in [6.07, 6.45) is 6.48. The van der Waals surface area contributed by atoms with Gasteiger partial charge in [0.25, 0.3) is 0 Å². The summed E-state index contributed by atoms with van der Waals surface area (Å²) < 4.78 is 13.2. The quantitative estimate of drug-likeness (QED) is 0.552. The van der Waals surface area contributed by atoms with Crippen molar-refractivity contribution >= 4 is 0 Å². The third-order valence-corrected chi connectivity index (χ3v) is 11.3. The summed E-state index contributed by atoms with van der Waals surface area (Å²) in [6, 6.07) is 0. The maximum atomic E-state index is 13.2. The fourth-order valence-corrected chi connectivity index (χ4v) is 9.75. The van der Waals surface area contributed by atoms with Gasteiger partial charge in [0.1, 0.15) is 0 Å². The lowest BCUT2D eigenvalue weighted by Crippen LogP contribution is -2.65. The first-order valence-corrected chi connectivity index (χ1v) is 13.2. The molecule has 2 unspecified atom stereocenters. The molecule has 0 spiro atoms. The molecular weight excluding hydrogens is 391 g/mol. The fourth-order valence-electron chi connectivity index (χ4n) is 9.75. The second-order valence-electron chi connectivity index (χ2n) is 12.7. The van der Waals surface area contributed by atoms with Crippen molar-refractivity contribution in [2.45, 2.75) is 104 Å². The highest BCUT2D eigenvalue weighted by atomic mass is 19.1. The molecule has 3 nitrogen and oxygen atoms in total. The van der Waals surface area contributed by atoms with E-state index in [4.69, 9.17) is 0 Å². The third-order valence-electron chi connectivity index (χ3n) is 11.3. The Morgan fingerprint density at radius 2 is 1.68 bits per heavy atom. The maximum Gasteiger partial charge on any atom is 0.0920 e. The van der Waals surface area contributed by atoms with E-state index >= 15 is 0 Å². The fraction of sp³-hybridized carbons (Fsp3) is 1.00. The molecule has 0 aliphatic heterocycles. The Kier molecular flexibility index (Phi) is 6.60. The molecule has 0 aromatic heterocycles. The molecule has 31 heavy (non-hydrogen) atoms. The van der Waals surface area contributed by atoms with Gasteiger partial charge in [-0.2, -0.15) is 0 Å². The van der Waals surface area contributed by atoms with E-state index in [0.29, 0.717) is 29.6 Å². The summed E-state index contributed by atoms with van der Waals surface area (Å²) >= 11 is 0. The molecule has 4 fully saturated rings. The lowest BCUT2D eigenvalue weighted by molar-refractivity contribution is -0.228. The number of hydrogen-bond donors (Lipinski definition) is 3. The number of aliphatic hydroxyl groups is 3. The Morgan fingerprint density at radius 3 is 2.32 bits per heavy atom. The first-order chi connectivity index (χ1) is 14.6. The third kappa shape index (κ3) is 3.53. The van der Waals surface area contributed by atoms with E-state index in [1.165, 1.54) is 0 Å². The van der Waals surface area contributed by atoms with E-state index < -0.39 is 0 Å². The van der Waals surface area contributed by atoms with Crippen LogP contribution >= 0.6 is 0 Å². The van der Waals surface area contributed by atoms with Crippen LogP contribution in [-0.4, -0.2) is 40.3 Å². The van der Waals surface area contributed by atoms with Crippen molar-refractivity contribution in [3.05, 3.63) is 0 Å². The van der Waals surface area contributed by atoms with Gasteiger partial charge in [0.2, 0.25) is 0 Å². The molecule has 0 bridgehead atoms. The average Bonchev–Trinajstić information content (AvgIpc) is 3.09. The van der Waals surface area contributed by atoms with Crippen LogP contribution in [0.15, 0.2) is 0 Å². The van der Waals surface area contributed by atoms with Crippen LogP contribution in [0.4, 0.5) is 4.39 Å². The van der Waals surface area contributed by atoms with E-state index in [-0.39, 0.29) is 53.6 Å². The van der Waals surface area contributed by atoms with Crippen LogP contribution in [0.1, 0.15) is 86.0 Å². The van der Waals surface area contributed by atoms with Gasteiger partial charge in [0.15, 0.2) is 0 Å². The van der Waals surface area contributed by atoms with Gasteiger partial charge in [-0.25, -0.2) is 0 Å². The number of rotatable bonds is 5. The average molecular weight is 439 g/mol. The van der Waals surface area contributed by atoms with Crippen molar-refractivity contribution in [2.75, 3.05) is 6.67 Å². The molecule has 0 aromatic carbocycles. The van der Waals surface area contributed by atoms with E-state index in [0.717, 1.165) is 51.4 Å². The number of fused-ring (bicyclic) bond motifs is 5. The highest BCUT2D eigenvalue weighted by Gasteiger charge is 2.67. The topological polar surface area (TPSA) is 60.7 Å². The van der Waals surface area contributed by atoms with Crippen molar-refractivity contribution in [2.24, 2.45) is 58.2 Å². The van der Waals surface area contributed by atoms with E-state index in [1.807, 2.05) is 6.92 Å². The van der Waals surface area contributed by atoms with E-state index in [9.17, 15) is 19.7 Å². The molecule has 0 heterocycles. The minimum absolute atomic E-state index is 0.0733. The zero-order valence-electron chi connectivity index (χ0n) is 20.4. The summed E-state index contributed by atoms with van der Waals surface area (Å²) in [6.45, 7) is 10.9. The summed E-state index contributed by atoms with van der Waals surface area (Å²) in [7, 11) is 0. The summed E-state index contributed by atoms with van der Waals surface area (Å²) in [4.78, 5) is 0. The van der Waals surface area contributed by atoms with E-state index in [1.54, 1.807) is 0 Å². The summed E-state index contributed by atoms with van der Waals surface area (Å²) in [5, 5.41) is 33.8. The maximum absolute atomic E-state index is 13.2. The molecule has 4 aliphatic carbocycles. The minimum Gasteiger partial charge on any atom is -0.393 e. The molecule has 13 atom stereocenters. The van der Waals surface area contributed by atoms with Gasteiger partial charge in [-0.3, -0.25) is 4.39 Å². The van der Waals surface area contributed by atoms with Crippen LogP contribution in [0.2, 0.25) is 0 Å². The molecule has 180 valence electrons. The van der Waals surface area contributed by atoms with Gasteiger partial charge in [0.05, 0.1) is 25.0 Å². The SMILES string of the molecule is CC[C@H]1[C@@H](O)[C@H]2C3CC[C@H]([C@H](C)C[C@H](C)CF)[C@@]3(C)[C@@H](O)CC2[C@@]2(C)CC[C@@H](O)C[C@@H]12. The van der Waals surface area contributed by atoms with Gasteiger partial charge in [-0.05, 0) is 103 Å². The molecule has 0 radical (unpaired) electrons. The van der Waals surface area contributed by atoms with Gasteiger partial charge in [0, 0.05) is 0 Å². The Balaban J connectivity index is 1.67. The Hall–Kier alpha value is -0.190. The highest BCUT2D eigenvalue weighted by molar-refractivity contribution is 5.15. The van der Waals surface area contributed by atoms with Crippen molar-refractivity contribution in [1.29, 1.82) is 0 Å². The van der Waals surface area contributed by atoms with Crippen LogP contribution in [-0.2, 0) is 0 Å². The number of halogens is 1. The Labute approximate surface area is 189 Å². The highest BCUT2D eigenvalue weighted by Crippen LogP contribution is 2.69. The van der Waals surface area contributed by atoms with Crippen LogP contribution < -0.4 is 0 Å². The van der Waals surface area contributed by atoms with Crippen molar-refractivity contribution in [3.8, 4) is 0 Å². The molecule has 4 heteroatoms. The predicted octanol–water partition coefficient (Wildman–Crippen LogP) is 5.22. The molecule has 4 aliphatic rings. The van der Waals surface area contributed by atoms with Crippen molar-refractivity contribution in [3.63, 3.8) is 0 Å². The molecular formula is C27H47FO3. The van der Waals surface area contributed by atoms with Crippen molar-refractivity contribution < 1.29 is 19.7 Å². The molecule has 0 aromatic rings. The minimum atomic E-state index is -0.357. The van der Waals surface area contributed by atoms with Gasteiger partial charge >= 0.3 is 0 Å². The first kappa shape index (κ1) is 24.0. The van der Waals surface area contributed by atoms with Crippen LogP contribution in [0.5, 0.6) is 0 Å². The Bertz CT molecular complexity index is 642. The lowest BCUT2D eigenvalue weighted by Gasteiger charge is -2.65. The second kappa shape index (κ2) is 8.55. The normalized spacial score (nSPS) is 53.9. The number of aliphatic hydroxyl groups excluding tert-OH is 3. The number of hydrogen-bond acceptors (Lipinski definition) is 3. The molecule has 4 saturated carbocycles. The predicted molar refractivity (Wildman–Crippen MR) is 122 cm³/mol. The molecule has 0 amide bonds. The summed E-state index contributed by atoms with van der Waals surface area (Å²) in [5.74, 6) is 2.35. The lowest BCUT2D eigenvalue weighted by atomic mass is 9.41. The van der Waals surface area contributed by atoms with Gasteiger partial charge in [-0.1, -0.05) is 41.0 Å². The number of alkyl halides is 1. The van der Waals surface area contributed by atoms with Crippen LogP contribution in [0, 0.1) is 58.2 Å². The van der Waals surface area contributed by atoms with Crippen LogP contribution in [0.3, 0.4) is 0 Å². The second-order valence-corrected chi connectivity index (χ2v) is 12.7. The molecule has 4 rings (SSSR count). The standard InChI is InChI=1S/C27H47FO3/c1-6-18-21-12-17(29)9-10-26(21,4)22-13-23(30)27(5)19(16(3)11-15(2)14-28)7-8-20(27)24(22)25(18)31/h15-25,29-31H,6-14H2,1-5H3/t15-,16+,17+,18+,19+,20?,21-,22?,23-,24-,25+,26-,27+/m0/s1. The zero-order chi connectivity index (χ0) is 22.7. The zero-order valence-corrected chi connectivity index (χ0v) is 20.4. The van der Waals surface area contributed by atoms with E-state index in [2.05, 4.69) is 27.7 Å². The monoisotopic (exact) mass is 438 g/mol. The smallest absolute Gasteiger partial charge is 0.0920 e. The van der Waals surface area contributed by atoms with Crippen LogP contribution in [0.25, 0.3) is 0 Å². The molecule has 3 N–H and O–H groups in total. The first-order valence-electron chi connectivity index (χ1n) is 13.2. The Morgan fingerprint density at radius 1 is 0.968 bits per heavy atom. The van der Waals surface area contributed by atoms with Gasteiger partial charge in [-0.15, -0.1) is 0 Å². The van der Waals surface area contributed by atoms with Gasteiger partial charge < -0.3 is 15.3 Å².